The Bertz CT molecular complexity index is 632. The molecule has 118 valence electrons. The number of hydrogen-bond donors (Lipinski definition) is 3. The minimum Gasteiger partial charge on any atom is -0.350 e. The summed E-state index contributed by atoms with van der Waals surface area (Å²) in [5, 5.41) is 9.55. The molecule has 0 radical (unpaired) electrons. The number of halogens is 1. The van der Waals surface area contributed by atoms with Gasteiger partial charge in [0.2, 0.25) is 0 Å². The summed E-state index contributed by atoms with van der Waals surface area (Å²) < 4.78 is 13.0. The number of carbonyl (C=O) groups is 1. The van der Waals surface area contributed by atoms with Crippen LogP contribution in [-0.2, 0) is 0 Å². The van der Waals surface area contributed by atoms with Crippen LogP contribution in [0.1, 0.15) is 37.0 Å². The van der Waals surface area contributed by atoms with E-state index in [1.165, 1.54) is 18.3 Å². The molecule has 0 aliphatic heterocycles. The van der Waals surface area contributed by atoms with Crippen molar-refractivity contribution in [2.24, 2.45) is 5.73 Å². The van der Waals surface area contributed by atoms with Crippen molar-refractivity contribution < 1.29 is 9.18 Å². The average molecular weight is 304 g/mol. The van der Waals surface area contributed by atoms with Crippen LogP contribution < -0.4 is 11.1 Å². The lowest BCUT2D eigenvalue weighted by Crippen LogP contribution is -2.49. The molecule has 0 spiro atoms. The summed E-state index contributed by atoms with van der Waals surface area (Å²) in [7, 11) is 0. The summed E-state index contributed by atoms with van der Waals surface area (Å²) in [6.07, 6.45) is 3.02. The highest BCUT2D eigenvalue weighted by Gasteiger charge is 2.22. The van der Waals surface area contributed by atoms with E-state index in [4.69, 9.17) is 5.73 Å². The van der Waals surface area contributed by atoms with Crippen molar-refractivity contribution in [3.05, 3.63) is 41.8 Å². The van der Waals surface area contributed by atoms with Gasteiger partial charge in [-0.15, -0.1) is 0 Å². The van der Waals surface area contributed by atoms with E-state index in [0.29, 0.717) is 23.4 Å². The van der Waals surface area contributed by atoms with Crippen LogP contribution >= 0.6 is 0 Å². The number of nitrogens with two attached hydrogens (primary N) is 1. The molecule has 0 saturated heterocycles. The van der Waals surface area contributed by atoms with E-state index < -0.39 is 5.54 Å². The van der Waals surface area contributed by atoms with Gasteiger partial charge in [0.05, 0.1) is 17.5 Å². The maximum Gasteiger partial charge on any atom is 0.255 e. The summed E-state index contributed by atoms with van der Waals surface area (Å²) in [5.41, 5.74) is 7.46. The number of H-pyrrole nitrogens is 1. The third-order valence-electron chi connectivity index (χ3n) is 4.03. The predicted octanol–water partition coefficient (Wildman–Crippen LogP) is 2.46. The lowest BCUT2D eigenvalue weighted by molar-refractivity contribution is 0.0943. The zero-order valence-corrected chi connectivity index (χ0v) is 12.8. The number of benzene rings is 1. The van der Waals surface area contributed by atoms with E-state index in [1.807, 2.05) is 13.8 Å². The van der Waals surface area contributed by atoms with E-state index in [-0.39, 0.29) is 11.7 Å². The zero-order valence-electron chi connectivity index (χ0n) is 12.8. The fraction of sp³-hybridized carbons (Fsp3) is 0.375. The van der Waals surface area contributed by atoms with E-state index in [2.05, 4.69) is 15.5 Å². The van der Waals surface area contributed by atoms with Gasteiger partial charge < -0.3 is 11.1 Å². The van der Waals surface area contributed by atoms with Crippen LogP contribution in [0.25, 0.3) is 11.3 Å². The molecule has 0 bridgehead atoms. The Labute approximate surface area is 129 Å². The number of amides is 1. The first-order valence-electron chi connectivity index (χ1n) is 7.35. The minimum atomic E-state index is -0.407. The normalized spacial score (nSPS) is 11.5. The smallest absolute Gasteiger partial charge is 0.255 e. The fourth-order valence-corrected chi connectivity index (χ4v) is 2.15. The number of aromatic nitrogens is 2. The molecule has 0 unspecified atom stereocenters. The molecule has 2 rings (SSSR count). The molecule has 2 aromatic rings. The SMILES string of the molecule is CCC(N)(CC)CNC(=O)c1cn[nH]c1-c1ccc(F)cc1. The van der Waals surface area contributed by atoms with Crippen molar-refractivity contribution in [3.8, 4) is 11.3 Å². The van der Waals surface area contributed by atoms with E-state index in [9.17, 15) is 9.18 Å². The number of hydrogen-bond acceptors (Lipinski definition) is 3. The number of nitrogens with one attached hydrogen (secondary N) is 2. The van der Waals surface area contributed by atoms with Gasteiger partial charge in [0.25, 0.3) is 5.91 Å². The third kappa shape index (κ3) is 3.51. The van der Waals surface area contributed by atoms with Gasteiger partial charge in [-0.3, -0.25) is 9.89 Å². The second-order valence-electron chi connectivity index (χ2n) is 5.42. The first-order chi connectivity index (χ1) is 10.5. The van der Waals surface area contributed by atoms with Gasteiger partial charge >= 0.3 is 0 Å². The second kappa shape index (κ2) is 6.70. The largest absolute Gasteiger partial charge is 0.350 e. The van der Waals surface area contributed by atoms with Gasteiger partial charge in [0.1, 0.15) is 5.82 Å². The average Bonchev–Trinajstić information content (AvgIpc) is 3.02. The second-order valence-corrected chi connectivity index (χ2v) is 5.42. The minimum absolute atomic E-state index is 0.246. The zero-order chi connectivity index (χ0) is 16.2. The molecule has 1 aromatic carbocycles. The van der Waals surface area contributed by atoms with Crippen LogP contribution in [-0.4, -0.2) is 28.2 Å². The van der Waals surface area contributed by atoms with Gasteiger partial charge in [0.15, 0.2) is 0 Å². The highest BCUT2D eigenvalue weighted by molar-refractivity contribution is 5.99. The summed E-state index contributed by atoms with van der Waals surface area (Å²) in [6, 6.07) is 5.89. The van der Waals surface area contributed by atoms with Gasteiger partial charge in [-0.25, -0.2) is 4.39 Å². The van der Waals surface area contributed by atoms with Gasteiger partial charge in [-0.1, -0.05) is 13.8 Å². The van der Waals surface area contributed by atoms with Crippen LogP contribution in [0.15, 0.2) is 30.5 Å². The molecule has 22 heavy (non-hydrogen) atoms. The number of rotatable bonds is 6. The van der Waals surface area contributed by atoms with Crippen molar-refractivity contribution in [1.29, 1.82) is 0 Å². The standard InChI is InChI=1S/C16H21FN4O/c1-3-16(18,4-2)10-19-15(22)13-9-20-21-14(13)11-5-7-12(17)8-6-11/h5-9H,3-4,10,18H2,1-2H3,(H,19,22)(H,20,21). The van der Waals surface area contributed by atoms with Crippen LogP contribution in [0, 0.1) is 5.82 Å². The molecule has 0 saturated carbocycles. The first kappa shape index (κ1) is 16.2. The molecule has 0 aliphatic carbocycles. The first-order valence-corrected chi connectivity index (χ1v) is 7.35. The topological polar surface area (TPSA) is 83.8 Å². The molecule has 6 heteroatoms. The van der Waals surface area contributed by atoms with Crippen LogP contribution in [0.3, 0.4) is 0 Å². The number of carbonyl (C=O) groups excluding carboxylic acids is 1. The Morgan fingerprint density at radius 3 is 2.55 bits per heavy atom. The van der Waals surface area contributed by atoms with Crippen LogP contribution in [0.2, 0.25) is 0 Å². The molecule has 1 heterocycles. The Morgan fingerprint density at radius 2 is 1.95 bits per heavy atom. The Balaban J connectivity index is 2.15. The lowest BCUT2D eigenvalue weighted by Gasteiger charge is -2.26. The van der Waals surface area contributed by atoms with Crippen molar-refractivity contribution in [3.63, 3.8) is 0 Å². The quantitative estimate of drug-likeness (QED) is 0.766. The van der Waals surface area contributed by atoms with Gasteiger partial charge in [-0.2, -0.15) is 5.10 Å². The van der Waals surface area contributed by atoms with Crippen LogP contribution in [0.5, 0.6) is 0 Å². The molecule has 1 amide bonds. The lowest BCUT2D eigenvalue weighted by atomic mass is 9.94. The highest BCUT2D eigenvalue weighted by atomic mass is 19.1. The molecule has 0 atom stereocenters. The maximum atomic E-state index is 13.0. The summed E-state index contributed by atoms with van der Waals surface area (Å²) in [5.74, 6) is -0.571. The molecule has 0 fully saturated rings. The van der Waals surface area contributed by atoms with Gasteiger partial charge in [0, 0.05) is 17.6 Å². The van der Waals surface area contributed by atoms with Crippen LogP contribution in [0.4, 0.5) is 4.39 Å². The summed E-state index contributed by atoms with van der Waals surface area (Å²) >= 11 is 0. The molecule has 5 nitrogen and oxygen atoms in total. The Kier molecular flexibility index (Phi) is 4.92. The maximum absolute atomic E-state index is 13.0. The monoisotopic (exact) mass is 304 g/mol. The molecular formula is C16H21FN4O. The van der Waals surface area contributed by atoms with E-state index in [0.717, 1.165) is 12.8 Å². The molecule has 4 N–H and O–H groups in total. The van der Waals surface area contributed by atoms with Crippen molar-refractivity contribution in [1.82, 2.24) is 15.5 Å². The highest BCUT2D eigenvalue weighted by Crippen LogP contribution is 2.21. The Hall–Kier alpha value is -2.21. The van der Waals surface area contributed by atoms with E-state index >= 15 is 0 Å². The summed E-state index contributed by atoms with van der Waals surface area (Å²) in [6.45, 7) is 4.39. The summed E-state index contributed by atoms with van der Waals surface area (Å²) in [4.78, 5) is 12.3. The van der Waals surface area contributed by atoms with E-state index in [1.54, 1.807) is 12.1 Å². The van der Waals surface area contributed by atoms with Crippen molar-refractivity contribution in [2.75, 3.05) is 6.54 Å². The van der Waals surface area contributed by atoms with Gasteiger partial charge in [-0.05, 0) is 37.1 Å². The Morgan fingerprint density at radius 1 is 1.32 bits per heavy atom. The molecule has 0 aliphatic rings. The molecule has 1 aromatic heterocycles. The predicted molar refractivity (Wildman–Crippen MR) is 83.8 cm³/mol. The van der Waals surface area contributed by atoms with Crippen molar-refractivity contribution in [2.45, 2.75) is 32.2 Å². The molecular weight excluding hydrogens is 283 g/mol. The number of nitrogens with zero attached hydrogens (tertiary/aromatic N) is 1. The third-order valence-corrected chi connectivity index (χ3v) is 4.03. The van der Waals surface area contributed by atoms with Crippen molar-refractivity contribution >= 4 is 5.91 Å². The number of aromatic amines is 1. The fourth-order valence-electron chi connectivity index (χ4n) is 2.15.